The molecule has 0 spiro atoms. The third-order valence-corrected chi connectivity index (χ3v) is 5.67. The Bertz CT molecular complexity index is 866. The normalized spacial score (nSPS) is 21.7. The van der Waals surface area contributed by atoms with E-state index in [1.165, 1.54) is 33.2 Å². The number of hydrogen-bond donors (Lipinski definition) is 2. The van der Waals surface area contributed by atoms with Crippen LogP contribution in [-0.2, 0) is 6.54 Å². The molecule has 130 valence electrons. The molecule has 25 heavy (non-hydrogen) atoms. The zero-order valence-corrected chi connectivity index (χ0v) is 15.1. The van der Waals surface area contributed by atoms with Crippen LogP contribution in [0.3, 0.4) is 0 Å². The van der Waals surface area contributed by atoms with E-state index in [4.69, 9.17) is 5.73 Å². The molecule has 3 aromatic rings. The van der Waals surface area contributed by atoms with Gasteiger partial charge in [-0.25, -0.2) is 0 Å². The van der Waals surface area contributed by atoms with Crippen LogP contribution in [0.25, 0.3) is 10.9 Å². The molecule has 0 bridgehead atoms. The van der Waals surface area contributed by atoms with Crippen molar-refractivity contribution in [2.75, 3.05) is 6.54 Å². The first-order valence-corrected chi connectivity index (χ1v) is 9.24. The number of piperidine rings is 1. The fourth-order valence-corrected chi connectivity index (χ4v) is 4.31. The summed E-state index contributed by atoms with van der Waals surface area (Å²) >= 11 is 0. The highest BCUT2D eigenvalue weighted by Gasteiger charge is 2.28. The molecule has 1 aliphatic rings. The van der Waals surface area contributed by atoms with Crippen molar-refractivity contribution in [2.24, 2.45) is 5.73 Å². The Hall–Kier alpha value is -2.10. The number of nitrogens with zero attached hydrogens (tertiary/aromatic N) is 1. The second-order valence-electron chi connectivity index (χ2n) is 7.44. The molecule has 0 amide bonds. The minimum atomic E-state index is 0.299. The van der Waals surface area contributed by atoms with Crippen molar-refractivity contribution in [3.8, 4) is 0 Å². The molecule has 3 nitrogen and oxygen atoms in total. The van der Waals surface area contributed by atoms with E-state index in [9.17, 15) is 0 Å². The molecule has 0 aliphatic carbocycles. The van der Waals surface area contributed by atoms with Gasteiger partial charge in [0.2, 0.25) is 0 Å². The number of benzene rings is 2. The van der Waals surface area contributed by atoms with E-state index in [0.29, 0.717) is 12.1 Å². The van der Waals surface area contributed by atoms with Gasteiger partial charge in [-0.2, -0.15) is 0 Å². The summed E-state index contributed by atoms with van der Waals surface area (Å²) in [6, 6.07) is 16.1. The number of nitrogens with two attached hydrogens (primary N) is 1. The zero-order chi connectivity index (χ0) is 17.4. The molecule has 1 saturated heterocycles. The van der Waals surface area contributed by atoms with E-state index in [1.54, 1.807) is 0 Å². The standard InChI is InChI=1S/C22H27N3/c1-15-12-16(2)22-19(8-10-24-22)20(15)14-25-11-9-18(23)13-21(25)17-6-4-3-5-7-17/h3-8,10,12,18,21,24H,9,11,13-14,23H2,1-2H3/t18-,21+/m1/s1. The van der Waals surface area contributed by atoms with Crippen molar-refractivity contribution in [1.82, 2.24) is 9.88 Å². The molecule has 0 saturated carbocycles. The number of aryl methyl sites for hydroxylation is 2. The lowest BCUT2D eigenvalue weighted by atomic mass is 9.91. The van der Waals surface area contributed by atoms with Gasteiger partial charge >= 0.3 is 0 Å². The lowest BCUT2D eigenvalue weighted by Crippen LogP contribution is -2.41. The van der Waals surface area contributed by atoms with E-state index >= 15 is 0 Å². The fraction of sp³-hybridized carbons (Fsp3) is 0.364. The van der Waals surface area contributed by atoms with Gasteiger partial charge in [-0.05, 0) is 55.0 Å². The smallest absolute Gasteiger partial charge is 0.0487 e. The maximum Gasteiger partial charge on any atom is 0.0487 e. The van der Waals surface area contributed by atoms with Crippen molar-refractivity contribution < 1.29 is 0 Å². The third kappa shape index (κ3) is 3.10. The van der Waals surface area contributed by atoms with Gasteiger partial charge in [-0.3, -0.25) is 4.90 Å². The number of H-pyrrole nitrogens is 1. The van der Waals surface area contributed by atoms with Crippen molar-refractivity contribution in [3.05, 3.63) is 70.9 Å². The summed E-state index contributed by atoms with van der Waals surface area (Å²) in [7, 11) is 0. The number of aromatic amines is 1. The van der Waals surface area contributed by atoms with Gasteiger partial charge < -0.3 is 10.7 Å². The SMILES string of the molecule is Cc1cc(C)c2[nH]ccc2c1CN1CC[C@@H](N)C[C@H]1c1ccccc1. The highest BCUT2D eigenvalue weighted by Crippen LogP contribution is 2.34. The zero-order valence-electron chi connectivity index (χ0n) is 15.1. The van der Waals surface area contributed by atoms with Gasteiger partial charge in [0.25, 0.3) is 0 Å². The summed E-state index contributed by atoms with van der Waals surface area (Å²) in [6.07, 6.45) is 4.16. The Morgan fingerprint density at radius 3 is 2.72 bits per heavy atom. The lowest BCUT2D eigenvalue weighted by molar-refractivity contribution is 0.128. The first kappa shape index (κ1) is 16.4. The number of fused-ring (bicyclic) bond motifs is 1. The number of nitrogens with one attached hydrogen (secondary N) is 1. The van der Waals surface area contributed by atoms with E-state index in [-0.39, 0.29) is 0 Å². The Morgan fingerprint density at radius 1 is 1.12 bits per heavy atom. The van der Waals surface area contributed by atoms with Gasteiger partial charge in [-0.1, -0.05) is 36.4 Å². The van der Waals surface area contributed by atoms with Crippen LogP contribution in [0, 0.1) is 13.8 Å². The topological polar surface area (TPSA) is 45.0 Å². The van der Waals surface area contributed by atoms with Crippen LogP contribution in [0.2, 0.25) is 0 Å². The van der Waals surface area contributed by atoms with Gasteiger partial charge in [-0.15, -0.1) is 0 Å². The number of hydrogen-bond acceptors (Lipinski definition) is 2. The maximum atomic E-state index is 6.31. The second-order valence-corrected chi connectivity index (χ2v) is 7.44. The fourth-order valence-electron chi connectivity index (χ4n) is 4.31. The summed E-state index contributed by atoms with van der Waals surface area (Å²) < 4.78 is 0. The first-order valence-electron chi connectivity index (χ1n) is 9.24. The molecule has 2 aromatic carbocycles. The summed E-state index contributed by atoms with van der Waals surface area (Å²) in [5, 5.41) is 1.36. The van der Waals surface area contributed by atoms with Crippen molar-refractivity contribution in [2.45, 2.75) is 45.3 Å². The molecule has 2 atom stereocenters. The molecular formula is C22H27N3. The summed E-state index contributed by atoms with van der Waals surface area (Å²) in [4.78, 5) is 6.02. The molecule has 0 radical (unpaired) electrons. The molecule has 3 heteroatoms. The minimum absolute atomic E-state index is 0.299. The number of likely N-dealkylation sites (tertiary alicyclic amines) is 1. The van der Waals surface area contributed by atoms with Gasteiger partial charge in [0.1, 0.15) is 0 Å². The highest BCUT2D eigenvalue weighted by atomic mass is 15.2. The predicted octanol–water partition coefficient (Wildman–Crippen LogP) is 4.45. The second kappa shape index (κ2) is 6.66. The molecule has 1 aliphatic heterocycles. The van der Waals surface area contributed by atoms with Crippen LogP contribution in [0.15, 0.2) is 48.7 Å². The van der Waals surface area contributed by atoms with E-state index < -0.39 is 0 Å². The average Bonchev–Trinajstić information content (AvgIpc) is 3.10. The Morgan fingerprint density at radius 2 is 1.92 bits per heavy atom. The molecular weight excluding hydrogens is 306 g/mol. The van der Waals surface area contributed by atoms with Gasteiger partial charge in [0.05, 0.1) is 0 Å². The Kier molecular flexibility index (Phi) is 4.36. The summed E-state index contributed by atoms with van der Waals surface area (Å²) in [6.45, 7) is 6.46. The Labute approximate surface area is 149 Å². The minimum Gasteiger partial charge on any atom is -0.361 e. The lowest BCUT2D eigenvalue weighted by Gasteiger charge is -2.39. The van der Waals surface area contributed by atoms with Crippen LogP contribution >= 0.6 is 0 Å². The molecule has 0 unspecified atom stereocenters. The van der Waals surface area contributed by atoms with Crippen LogP contribution in [0.1, 0.15) is 41.1 Å². The predicted molar refractivity (Wildman–Crippen MR) is 105 cm³/mol. The number of aromatic nitrogens is 1. The number of rotatable bonds is 3. The monoisotopic (exact) mass is 333 g/mol. The van der Waals surface area contributed by atoms with Gasteiger partial charge in [0, 0.05) is 42.3 Å². The molecule has 4 rings (SSSR count). The summed E-state index contributed by atoms with van der Waals surface area (Å²) in [5.74, 6) is 0. The first-order chi connectivity index (χ1) is 12.1. The van der Waals surface area contributed by atoms with Crippen LogP contribution in [0.4, 0.5) is 0 Å². The van der Waals surface area contributed by atoms with Crippen LogP contribution in [0.5, 0.6) is 0 Å². The van der Waals surface area contributed by atoms with E-state index in [0.717, 1.165) is 25.9 Å². The van der Waals surface area contributed by atoms with E-state index in [1.807, 2.05) is 0 Å². The van der Waals surface area contributed by atoms with Crippen molar-refractivity contribution >= 4 is 10.9 Å². The molecule has 1 fully saturated rings. The van der Waals surface area contributed by atoms with Crippen LogP contribution < -0.4 is 5.73 Å². The van der Waals surface area contributed by atoms with Gasteiger partial charge in [0.15, 0.2) is 0 Å². The molecule has 2 heterocycles. The third-order valence-electron chi connectivity index (χ3n) is 5.67. The molecule has 1 aromatic heterocycles. The van der Waals surface area contributed by atoms with Crippen LogP contribution in [-0.4, -0.2) is 22.5 Å². The quantitative estimate of drug-likeness (QED) is 0.744. The largest absolute Gasteiger partial charge is 0.361 e. The maximum absolute atomic E-state index is 6.31. The molecule has 3 N–H and O–H groups in total. The van der Waals surface area contributed by atoms with Crippen molar-refractivity contribution in [1.29, 1.82) is 0 Å². The van der Waals surface area contributed by atoms with Crippen molar-refractivity contribution in [3.63, 3.8) is 0 Å². The highest BCUT2D eigenvalue weighted by molar-refractivity contribution is 5.86. The Balaban J connectivity index is 1.70. The average molecular weight is 333 g/mol. The summed E-state index contributed by atoms with van der Waals surface area (Å²) in [5.41, 5.74) is 13.1. The van der Waals surface area contributed by atoms with E-state index in [2.05, 4.69) is 72.4 Å².